The number of H-pyrrole nitrogens is 1. The van der Waals surface area contributed by atoms with E-state index in [4.69, 9.17) is 0 Å². The Morgan fingerprint density at radius 1 is 1.10 bits per heavy atom. The maximum absolute atomic E-state index is 4.17. The highest BCUT2D eigenvalue weighted by molar-refractivity contribution is 5.92. The molecule has 1 heteroatoms. The van der Waals surface area contributed by atoms with Gasteiger partial charge in [-0.3, -0.25) is 0 Å². The van der Waals surface area contributed by atoms with E-state index in [2.05, 4.69) is 51.4 Å². The van der Waals surface area contributed by atoms with Gasteiger partial charge in [0.05, 0.1) is 0 Å². The Hall–Kier alpha value is -1.50. The van der Waals surface area contributed by atoms with E-state index in [0.717, 1.165) is 6.42 Å². The summed E-state index contributed by atoms with van der Waals surface area (Å²) in [5.74, 6) is 0. The molecule has 0 aliphatic heterocycles. The van der Waals surface area contributed by atoms with Gasteiger partial charge < -0.3 is 4.98 Å². The number of allylic oxidation sites excluding steroid dienone is 1. The average molecular weight is 285 g/mol. The summed E-state index contributed by atoms with van der Waals surface area (Å²) in [6.07, 6.45) is 4.82. The highest BCUT2D eigenvalue weighted by Crippen LogP contribution is 2.36. The van der Waals surface area contributed by atoms with E-state index in [0.29, 0.717) is 0 Å². The lowest BCUT2D eigenvalue weighted by atomic mass is 9.90. The molecule has 1 aromatic carbocycles. The van der Waals surface area contributed by atoms with E-state index >= 15 is 0 Å². The summed E-state index contributed by atoms with van der Waals surface area (Å²) < 4.78 is 0. The van der Waals surface area contributed by atoms with E-state index in [1.807, 2.05) is 13.8 Å². The summed E-state index contributed by atoms with van der Waals surface area (Å²) in [4.78, 5) is 3.53. The lowest BCUT2D eigenvalue weighted by molar-refractivity contribution is 0.824. The van der Waals surface area contributed by atoms with Gasteiger partial charge in [0.1, 0.15) is 0 Å². The molecule has 1 heterocycles. The van der Waals surface area contributed by atoms with Gasteiger partial charge >= 0.3 is 0 Å². The van der Waals surface area contributed by atoms with Crippen LogP contribution in [0.1, 0.15) is 69.3 Å². The van der Waals surface area contributed by atoms with Gasteiger partial charge in [0.15, 0.2) is 0 Å². The van der Waals surface area contributed by atoms with Crippen LogP contribution in [0.3, 0.4) is 0 Å². The minimum Gasteiger partial charge on any atom is -0.355 e. The molecule has 0 saturated heterocycles. The van der Waals surface area contributed by atoms with E-state index in [1.165, 1.54) is 58.1 Å². The van der Waals surface area contributed by atoms with Crippen molar-refractivity contribution in [2.24, 2.45) is 0 Å². The minimum absolute atomic E-state index is 1.14. The normalized spacial score (nSPS) is 13.0. The second-order valence-corrected chi connectivity index (χ2v) is 5.57. The first-order chi connectivity index (χ1) is 10.1. The van der Waals surface area contributed by atoms with E-state index < -0.39 is 0 Å². The second kappa shape index (κ2) is 8.07. The first kappa shape index (κ1) is 17.6. The van der Waals surface area contributed by atoms with Crippen LogP contribution in [0.2, 0.25) is 0 Å². The fourth-order valence-electron chi connectivity index (χ4n) is 2.80. The van der Waals surface area contributed by atoms with E-state index in [-0.39, 0.29) is 0 Å². The van der Waals surface area contributed by atoms with Gasteiger partial charge in [-0.2, -0.15) is 0 Å². The molecule has 116 valence electrons. The molecule has 1 aromatic heterocycles. The Bertz CT molecular complexity index is 602. The molecule has 0 radical (unpaired) electrons. The van der Waals surface area contributed by atoms with Crippen molar-refractivity contribution in [2.45, 2.75) is 67.2 Å². The second-order valence-electron chi connectivity index (χ2n) is 5.57. The predicted molar refractivity (Wildman–Crippen MR) is 97.1 cm³/mol. The topological polar surface area (TPSA) is 15.8 Å². The van der Waals surface area contributed by atoms with E-state index in [1.54, 1.807) is 0 Å². The fraction of sp³-hybridized carbons (Fsp3) is 0.500. The third-order valence-electron chi connectivity index (χ3n) is 3.86. The van der Waals surface area contributed by atoms with E-state index in [9.17, 15) is 0 Å². The lowest BCUT2D eigenvalue weighted by Crippen LogP contribution is -1.99. The molecule has 1 aliphatic rings. The van der Waals surface area contributed by atoms with Crippen LogP contribution in [0.5, 0.6) is 0 Å². The first-order valence-corrected chi connectivity index (χ1v) is 8.39. The highest BCUT2D eigenvalue weighted by Gasteiger charge is 2.19. The van der Waals surface area contributed by atoms with Crippen molar-refractivity contribution in [1.82, 2.24) is 4.98 Å². The summed E-state index contributed by atoms with van der Waals surface area (Å²) in [6, 6.07) is 4.39. The van der Waals surface area contributed by atoms with Crippen molar-refractivity contribution in [1.29, 1.82) is 0 Å². The van der Waals surface area contributed by atoms with Crippen molar-refractivity contribution >= 4 is 16.5 Å². The number of nitrogens with one attached hydrogen (secondary N) is 1. The SMILES string of the molecule is C=C1CCCc2c1[nH]c1ccc(C)c(C)c21.CC.CCC. The van der Waals surface area contributed by atoms with Crippen molar-refractivity contribution < 1.29 is 0 Å². The van der Waals surface area contributed by atoms with Gasteiger partial charge in [-0.1, -0.05) is 46.8 Å². The summed E-state index contributed by atoms with van der Waals surface area (Å²) >= 11 is 0. The van der Waals surface area contributed by atoms with Gasteiger partial charge in [0.2, 0.25) is 0 Å². The number of hydrogen-bond acceptors (Lipinski definition) is 0. The van der Waals surface area contributed by atoms with Crippen molar-refractivity contribution in [3.8, 4) is 0 Å². The number of fused-ring (bicyclic) bond motifs is 3. The predicted octanol–water partition coefficient (Wildman–Crippen LogP) is 6.58. The Labute approximate surface area is 130 Å². The number of benzene rings is 1. The third-order valence-corrected chi connectivity index (χ3v) is 3.86. The maximum Gasteiger partial charge on any atom is 0.0464 e. The largest absolute Gasteiger partial charge is 0.355 e. The number of aromatic nitrogens is 1. The molecule has 3 rings (SSSR count). The molecule has 1 nitrogen and oxygen atoms in total. The number of rotatable bonds is 0. The smallest absolute Gasteiger partial charge is 0.0464 e. The Balaban J connectivity index is 0.000000395. The first-order valence-electron chi connectivity index (χ1n) is 8.39. The molecule has 0 saturated carbocycles. The number of aryl methyl sites for hydroxylation is 3. The molecular weight excluding hydrogens is 254 g/mol. The molecule has 0 atom stereocenters. The van der Waals surface area contributed by atoms with Gasteiger partial charge in [-0.15, -0.1) is 0 Å². The van der Waals surface area contributed by atoms with Crippen LogP contribution in [0, 0.1) is 13.8 Å². The minimum atomic E-state index is 1.14. The third kappa shape index (κ3) is 3.58. The molecule has 0 fully saturated rings. The Kier molecular flexibility index (Phi) is 6.74. The molecule has 2 aromatic rings. The van der Waals surface area contributed by atoms with Crippen LogP contribution >= 0.6 is 0 Å². The van der Waals surface area contributed by atoms with Crippen LogP contribution < -0.4 is 0 Å². The van der Waals surface area contributed by atoms with Crippen molar-refractivity contribution in [2.75, 3.05) is 0 Å². The zero-order valence-corrected chi connectivity index (χ0v) is 14.7. The summed E-state index contributed by atoms with van der Waals surface area (Å²) in [7, 11) is 0. The number of hydrogen-bond donors (Lipinski definition) is 1. The molecule has 0 amide bonds. The maximum atomic E-state index is 4.17. The van der Waals surface area contributed by atoms with Crippen LogP contribution in [0.4, 0.5) is 0 Å². The molecule has 1 aliphatic carbocycles. The molecule has 0 spiro atoms. The van der Waals surface area contributed by atoms with Crippen LogP contribution in [0.25, 0.3) is 16.5 Å². The van der Waals surface area contributed by atoms with Gasteiger partial charge in [0.25, 0.3) is 0 Å². The molecular formula is C20H31N. The number of aromatic amines is 1. The van der Waals surface area contributed by atoms with Crippen LogP contribution in [-0.4, -0.2) is 4.98 Å². The highest BCUT2D eigenvalue weighted by atomic mass is 14.7. The van der Waals surface area contributed by atoms with Gasteiger partial charge in [-0.25, -0.2) is 0 Å². The fourth-order valence-corrected chi connectivity index (χ4v) is 2.80. The molecule has 21 heavy (non-hydrogen) atoms. The summed E-state index contributed by atoms with van der Waals surface area (Å²) in [6.45, 7) is 16.8. The monoisotopic (exact) mass is 285 g/mol. The van der Waals surface area contributed by atoms with Crippen molar-refractivity contribution in [3.05, 3.63) is 41.1 Å². The molecule has 0 unspecified atom stereocenters. The van der Waals surface area contributed by atoms with Gasteiger partial charge in [0, 0.05) is 16.6 Å². The Morgan fingerprint density at radius 2 is 1.71 bits per heavy atom. The quantitative estimate of drug-likeness (QED) is 0.563. The summed E-state index contributed by atoms with van der Waals surface area (Å²) in [5, 5.41) is 1.44. The zero-order chi connectivity index (χ0) is 16.0. The lowest BCUT2D eigenvalue weighted by Gasteiger charge is -2.14. The molecule has 1 N–H and O–H groups in total. The standard InChI is InChI=1S/C15H17N.C3H8.C2H6/c1-9-7-8-13-14(11(9)3)12-6-4-5-10(2)15(12)16-13;1-3-2;1-2/h7-8,16H,2,4-6H2,1,3H3;3H2,1-2H3;1-2H3. The molecule has 0 bridgehead atoms. The average Bonchev–Trinajstić information content (AvgIpc) is 2.87. The Morgan fingerprint density at radius 3 is 2.33 bits per heavy atom. The van der Waals surface area contributed by atoms with Gasteiger partial charge in [-0.05, 0) is 61.4 Å². The zero-order valence-electron chi connectivity index (χ0n) is 14.7. The van der Waals surface area contributed by atoms with Crippen LogP contribution in [0.15, 0.2) is 18.7 Å². The van der Waals surface area contributed by atoms with Crippen LogP contribution in [-0.2, 0) is 6.42 Å². The summed E-state index contributed by atoms with van der Waals surface area (Å²) in [5.41, 5.74) is 8.14. The van der Waals surface area contributed by atoms with Crippen molar-refractivity contribution in [3.63, 3.8) is 0 Å².